The molecule has 0 aliphatic rings. The van der Waals surface area contributed by atoms with Crippen LogP contribution in [0.3, 0.4) is 0 Å². The van der Waals surface area contributed by atoms with Gasteiger partial charge in [-0.25, -0.2) is 0 Å². The monoisotopic (exact) mass is 113 g/mol. The fourth-order valence-electron chi connectivity index (χ4n) is 0.297. The molecule has 0 atom stereocenters. The van der Waals surface area contributed by atoms with Gasteiger partial charge in [-0.2, -0.15) is 0 Å². The first-order valence-corrected chi connectivity index (χ1v) is 2.68. The van der Waals surface area contributed by atoms with E-state index in [0.29, 0.717) is 6.61 Å². The highest BCUT2D eigenvalue weighted by Crippen LogP contribution is 2.00. The van der Waals surface area contributed by atoms with Crippen molar-refractivity contribution in [3.05, 3.63) is 18.3 Å². The fraction of sp³-hybridized carbons (Fsp3) is 0.571. The highest BCUT2D eigenvalue weighted by atomic mass is 16.5. The van der Waals surface area contributed by atoms with Gasteiger partial charge in [-0.1, -0.05) is 5.57 Å². The smallest absolute Gasteiger partial charge is 0.0705 e. The zero-order valence-electron chi connectivity index (χ0n) is 5.82. The Kier molecular flexibility index (Phi) is 3.53. The Balaban J connectivity index is 3.62. The second-order valence-corrected chi connectivity index (χ2v) is 2.13. The normalized spacial score (nSPS) is 9.00. The van der Waals surface area contributed by atoms with Crippen LogP contribution in [-0.4, -0.2) is 6.61 Å². The van der Waals surface area contributed by atoms with E-state index in [9.17, 15) is 0 Å². The van der Waals surface area contributed by atoms with E-state index in [1.807, 2.05) is 6.92 Å². The van der Waals surface area contributed by atoms with Crippen molar-refractivity contribution in [2.45, 2.75) is 20.8 Å². The Morgan fingerprint density at radius 2 is 1.88 bits per heavy atom. The van der Waals surface area contributed by atoms with Crippen molar-refractivity contribution in [3.8, 4) is 0 Å². The van der Waals surface area contributed by atoms with Crippen LogP contribution in [0.15, 0.2) is 11.1 Å². The van der Waals surface area contributed by atoms with Gasteiger partial charge < -0.3 is 4.74 Å². The largest absolute Gasteiger partial charge is 0.375 e. The minimum absolute atomic E-state index is 0.655. The first kappa shape index (κ1) is 7.70. The molecule has 0 aromatic heterocycles. The average molecular weight is 113 g/mol. The Bertz CT molecular complexity index is 88.6. The number of allylic oxidation sites excluding steroid dienone is 1. The van der Waals surface area contributed by atoms with Gasteiger partial charge in [0.2, 0.25) is 0 Å². The molecule has 0 aliphatic heterocycles. The van der Waals surface area contributed by atoms with E-state index in [2.05, 4.69) is 25.7 Å². The SMILES string of the molecule is [CH2]OCC(C)=C(C)C. The molecule has 8 heavy (non-hydrogen) atoms. The molecule has 0 unspecified atom stereocenters. The minimum Gasteiger partial charge on any atom is -0.375 e. The molecule has 0 aromatic carbocycles. The molecular formula is C7H13O. The molecule has 1 radical (unpaired) electrons. The molecule has 0 amide bonds. The van der Waals surface area contributed by atoms with Crippen LogP contribution in [0, 0.1) is 7.11 Å². The zero-order valence-corrected chi connectivity index (χ0v) is 5.82. The van der Waals surface area contributed by atoms with E-state index >= 15 is 0 Å². The van der Waals surface area contributed by atoms with Gasteiger partial charge in [0.05, 0.1) is 13.7 Å². The fourth-order valence-corrected chi connectivity index (χ4v) is 0.297. The zero-order chi connectivity index (χ0) is 6.57. The maximum Gasteiger partial charge on any atom is 0.0705 e. The van der Waals surface area contributed by atoms with E-state index in [1.165, 1.54) is 11.1 Å². The van der Waals surface area contributed by atoms with Crippen LogP contribution in [0.2, 0.25) is 0 Å². The molecule has 0 heterocycles. The lowest BCUT2D eigenvalue weighted by Gasteiger charge is -1.99. The van der Waals surface area contributed by atoms with Gasteiger partial charge in [0.25, 0.3) is 0 Å². The Morgan fingerprint density at radius 3 is 2.00 bits per heavy atom. The Morgan fingerprint density at radius 1 is 1.38 bits per heavy atom. The van der Waals surface area contributed by atoms with Crippen molar-refractivity contribution in [2.24, 2.45) is 0 Å². The highest BCUT2D eigenvalue weighted by Gasteiger charge is 1.87. The van der Waals surface area contributed by atoms with Crippen molar-refractivity contribution in [1.29, 1.82) is 0 Å². The Labute approximate surface area is 51.4 Å². The summed E-state index contributed by atoms with van der Waals surface area (Å²) in [7, 11) is 3.27. The topological polar surface area (TPSA) is 9.23 Å². The molecule has 0 aromatic rings. The second kappa shape index (κ2) is 3.67. The van der Waals surface area contributed by atoms with E-state index in [-0.39, 0.29) is 0 Å². The molecular weight excluding hydrogens is 100 g/mol. The van der Waals surface area contributed by atoms with Gasteiger partial charge in [0, 0.05) is 0 Å². The first-order valence-electron chi connectivity index (χ1n) is 2.68. The summed E-state index contributed by atoms with van der Waals surface area (Å²) in [6.07, 6.45) is 0. The molecule has 47 valence electrons. The predicted molar refractivity (Wildman–Crippen MR) is 35.4 cm³/mol. The lowest BCUT2D eigenvalue weighted by Crippen LogP contribution is -1.89. The van der Waals surface area contributed by atoms with Crippen molar-refractivity contribution < 1.29 is 4.74 Å². The summed E-state index contributed by atoms with van der Waals surface area (Å²) in [6.45, 7) is 6.82. The summed E-state index contributed by atoms with van der Waals surface area (Å²) in [5.74, 6) is 0. The molecule has 0 aliphatic carbocycles. The molecule has 0 spiro atoms. The number of hydrogen-bond donors (Lipinski definition) is 0. The van der Waals surface area contributed by atoms with Gasteiger partial charge in [-0.05, 0) is 26.3 Å². The molecule has 0 N–H and O–H groups in total. The number of ether oxygens (including phenoxy) is 1. The summed E-state index contributed by atoms with van der Waals surface area (Å²) in [5, 5.41) is 0. The van der Waals surface area contributed by atoms with Gasteiger partial charge >= 0.3 is 0 Å². The van der Waals surface area contributed by atoms with Crippen molar-refractivity contribution in [3.63, 3.8) is 0 Å². The summed E-state index contributed by atoms with van der Waals surface area (Å²) in [4.78, 5) is 0. The number of hydrogen-bond acceptors (Lipinski definition) is 1. The lowest BCUT2D eigenvalue weighted by molar-refractivity contribution is 0.271. The van der Waals surface area contributed by atoms with Gasteiger partial charge in [0.1, 0.15) is 0 Å². The quantitative estimate of drug-likeness (QED) is 0.498. The molecule has 1 nitrogen and oxygen atoms in total. The molecule has 0 saturated carbocycles. The van der Waals surface area contributed by atoms with Crippen LogP contribution in [-0.2, 0) is 4.74 Å². The predicted octanol–water partition coefficient (Wildman–Crippen LogP) is 2.15. The van der Waals surface area contributed by atoms with Crippen LogP contribution in [0.25, 0.3) is 0 Å². The van der Waals surface area contributed by atoms with Crippen LogP contribution >= 0.6 is 0 Å². The molecule has 1 heteroatoms. The minimum atomic E-state index is 0.655. The van der Waals surface area contributed by atoms with Crippen LogP contribution in [0.5, 0.6) is 0 Å². The highest BCUT2D eigenvalue weighted by molar-refractivity contribution is 5.06. The summed E-state index contributed by atoms with van der Waals surface area (Å²) >= 11 is 0. The first-order chi connectivity index (χ1) is 3.68. The second-order valence-electron chi connectivity index (χ2n) is 2.13. The third-order valence-electron chi connectivity index (χ3n) is 1.17. The number of rotatable bonds is 2. The molecule has 0 rings (SSSR count). The maximum absolute atomic E-state index is 4.66. The van der Waals surface area contributed by atoms with Crippen molar-refractivity contribution in [2.75, 3.05) is 6.61 Å². The third-order valence-corrected chi connectivity index (χ3v) is 1.17. The summed E-state index contributed by atoms with van der Waals surface area (Å²) in [5.41, 5.74) is 2.58. The van der Waals surface area contributed by atoms with Crippen LogP contribution in [0.4, 0.5) is 0 Å². The van der Waals surface area contributed by atoms with E-state index < -0.39 is 0 Å². The molecule has 0 saturated heterocycles. The molecule has 0 bridgehead atoms. The van der Waals surface area contributed by atoms with E-state index in [0.717, 1.165) is 0 Å². The van der Waals surface area contributed by atoms with Gasteiger partial charge in [-0.3, -0.25) is 0 Å². The van der Waals surface area contributed by atoms with E-state index in [1.54, 1.807) is 0 Å². The van der Waals surface area contributed by atoms with Crippen LogP contribution in [0.1, 0.15) is 20.8 Å². The summed E-state index contributed by atoms with van der Waals surface area (Å²) in [6, 6.07) is 0. The van der Waals surface area contributed by atoms with Crippen molar-refractivity contribution >= 4 is 0 Å². The van der Waals surface area contributed by atoms with Gasteiger partial charge in [-0.15, -0.1) is 0 Å². The molecule has 0 fully saturated rings. The van der Waals surface area contributed by atoms with Crippen molar-refractivity contribution in [1.82, 2.24) is 0 Å². The summed E-state index contributed by atoms with van der Waals surface area (Å²) < 4.78 is 4.66. The lowest BCUT2D eigenvalue weighted by atomic mass is 10.2. The van der Waals surface area contributed by atoms with Gasteiger partial charge in [0.15, 0.2) is 0 Å². The maximum atomic E-state index is 4.66. The van der Waals surface area contributed by atoms with E-state index in [4.69, 9.17) is 0 Å². The van der Waals surface area contributed by atoms with Crippen LogP contribution < -0.4 is 0 Å². The standard InChI is InChI=1S/C7H13O/c1-6(2)7(3)5-8-4/h4-5H2,1-3H3. The average Bonchev–Trinajstić information content (AvgIpc) is 1.67. The Hall–Kier alpha value is -0.300. The third kappa shape index (κ3) is 2.80.